The van der Waals surface area contributed by atoms with E-state index in [1.165, 1.54) is 0 Å². The van der Waals surface area contributed by atoms with E-state index >= 15 is 0 Å². The minimum atomic E-state index is -0.208. The molecule has 2 aromatic carbocycles. The van der Waals surface area contributed by atoms with Crippen LogP contribution in [0.2, 0.25) is 0 Å². The predicted octanol–water partition coefficient (Wildman–Crippen LogP) is 4.61. The molecule has 1 atom stereocenters. The molecule has 1 heterocycles. The van der Waals surface area contributed by atoms with Gasteiger partial charge >= 0.3 is 0 Å². The highest BCUT2D eigenvalue weighted by atomic mass is 32.2. The lowest BCUT2D eigenvalue weighted by molar-refractivity contribution is 0.0912. The van der Waals surface area contributed by atoms with E-state index in [1.54, 1.807) is 25.1 Å². The average molecular weight is 411 g/mol. The van der Waals surface area contributed by atoms with Crippen molar-refractivity contribution < 1.29 is 13.9 Å². The number of likely N-dealkylation sites (N-methyl/N-ethyl adjacent to an activating group) is 1. The van der Waals surface area contributed by atoms with Gasteiger partial charge in [0.05, 0.1) is 19.4 Å². The van der Waals surface area contributed by atoms with E-state index < -0.39 is 0 Å². The molecule has 0 saturated heterocycles. The molecule has 3 rings (SSSR count). The van der Waals surface area contributed by atoms with Gasteiger partial charge in [-0.25, -0.2) is 0 Å². The van der Waals surface area contributed by atoms with Crippen LogP contribution in [0.15, 0.2) is 76.2 Å². The summed E-state index contributed by atoms with van der Waals surface area (Å²) in [4.78, 5) is 16.0. The maximum atomic E-state index is 12.8. The van der Waals surface area contributed by atoms with Gasteiger partial charge in [0.2, 0.25) is 0 Å². The summed E-state index contributed by atoms with van der Waals surface area (Å²) in [5.74, 6) is 1.64. The maximum absolute atomic E-state index is 12.8. The van der Waals surface area contributed by atoms with Crippen molar-refractivity contribution in [3.8, 4) is 5.75 Å². The summed E-state index contributed by atoms with van der Waals surface area (Å²) in [7, 11) is 5.62. The van der Waals surface area contributed by atoms with Crippen LogP contribution in [0, 0.1) is 0 Å². The summed E-state index contributed by atoms with van der Waals surface area (Å²) in [6, 6.07) is 19.8. The maximum Gasteiger partial charge on any atom is 0.287 e. The minimum absolute atomic E-state index is 0.0211. The molecule has 1 aromatic heterocycles. The largest absolute Gasteiger partial charge is 0.496 e. The van der Waals surface area contributed by atoms with Crippen LogP contribution in [0.25, 0.3) is 0 Å². The van der Waals surface area contributed by atoms with Crippen molar-refractivity contribution in [1.29, 1.82) is 0 Å². The van der Waals surface area contributed by atoms with Gasteiger partial charge in [-0.3, -0.25) is 4.79 Å². The first-order valence-corrected chi connectivity index (χ1v) is 10.4. The van der Waals surface area contributed by atoms with Crippen molar-refractivity contribution >= 4 is 17.7 Å². The molecule has 0 aliphatic rings. The SMILES string of the molecule is COc1ccccc1C(CNC(=O)c1occc1CSc1ccccc1)N(C)C. The van der Waals surface area contributed by atoms with Crippen LogP contribution < -0.4 is 10.1 Å². The Kier molecular flexibility index (Phi) is 7.38. The number of amides is 1. The topological polar surface area (TPSA) is 54.7 Å². The van der Waals surface area contributed by atoms with Crippen LogP contribution in [0.1, 0.15) is 27.7 Å². The molecule has 0 radical (unpaired) electrons. The summed E-state index contributed by atoms with van der Waals surface area (Å²) < 4.78 is 11.0. The van der Waals surface area contributed by atoms with Gasteiger partial charge in [-0.1, -0.05) is 36.4 Å². The number of methoxy groups -OCH3 is 1. The quantitative estimate of drug-likeness (QED) is 0.522. The van der Waals surface area contributed by atoms with Crippen LogP contribution in [0.5, 0.6) is 5.75 Å². The second kappa shape index (κ2) is 10.2. The van der Waals surface area contributed by atoms with Gasteiger partial charge in [-0.15, -0.1) is 11.8 Å². The number of para-hydroxylation sites is 1. The number of nitrogens with zero attached hydrogens (tertiary/aromatic N) is 1. The summed E-state index contributed by atoms with van der Waals surface area (Å²) in [5.41, 5.74) is 1.91. The molecular formula is C23H26N2O3S. The van der Waals surface area contributed by atoms with E-state index in [9.17, 15) is 4.79 Å². The van der Waals surface area contributed by atoms with E-state index in [0.29, 0.717) is 18.1 Å². The number of hydrogen-bond donors (Lipinski definition) is 1. The zero-order valence-corrected chi connectivity index (χ0v) is 17.7. The Bertz CT molecular complexity index is 925. The lowest BCUT2D eigenvalue weighted by Gasteiger charge is -2.26. The molecule has 0 bridgehead atoms. The van der Waals surface area contributed by atoms with Gasteiger partial charge in [0.15, 0.2) is 5.76 Å². The third-order valence-corrected chi connectivity index (χ3v) is 5.73. The molecule has 0 aliphatic carbocycles. The molecule has 1 N–H and O–H groups in total. The van der Waals surface area contributed by atoms with E-state index in [0.717, 1.165) is 21.8 Å². The van der Waals surface area contributed by atoms with Crippen molar-refractivity contribution in [2.24, 2.45) is 0 Å². The number of thioether (sulfide) groups is 1. The molecule has 5 nitrogen and oxygen atoms in total. The van der Waals surface area contributed by atoms with Gasteiger partial charge in [-0.05, 0) is 38.4 Å². The highest BCUT2D eigenvalue weighted by Gasteiger charge is 2.21. The van der Waals surface area contributed by atoms with Crippen LogP contribution in [0.3, 0.4) is 0 Å². The fourth-order valence-electron chi connectivity index (χ4n) is 3.11. The molecule has 0 saturated carbocycles. The highest BCUT2D eigenvalue weighted by molar-refractivity contribution is 7.98. The Morgan fingerprint density at radius 1 is 1.10 bits per heavy atom. The number of hydrogen-bond acceptors (Lipinski definition) is 5. The molecule has 3 aromatic rings. The summed E-state index contributed by atoms with van der Waals surface area (Å²) >= 11 is 1.68. The predicted molar refractivity (Wildman–Crippen MR) is 116 cm³/mol. The van der Waals surface area contributed by atoms with Gasteiger partial charge < -0.3 is 19.4 Å². The zero-order valence-electron chi connectivity index (χ0n) is 16.9. The third-order valence-electron chi connectivity index (χ3n) is 4.67. The molecule has 0 spiro atoms. The summed E-state index contributed by atoms with van der Waals surface area (Å²) in [6.07, 6.45) is 1.57. The van der Waals surface area contributed by atoms with E-state index in [4.69, 9.17) is 9.15 Å². The highest BCUT2D eigenvalue weighted by Crippen LogP contribution is 2.28. The normalized spacial score (nSPS) is 12.0. The van der Waals surface area contributed by atoms with Crippen molar-refractivity contribution in [3.05, 3.63) is 83.8 Å². The fourth-order valence-corrected chi connectivity index (χ4v) is 4.01. The Balaban J connectivity index is 1.66. The number of nitrogens with one attached hydrogen (secondary N) is 1. The number of carbonyl (C=O) groups excluding carboxylic acids is 1. The second-order valence-corrected chi connectivity index (χ2v) is 7.86. The van der Waals surface area contributed by atoms with Gasteiger partial charge in [0, 0.05) is 28.3 Å². The first kappa shape index (κ1) is 21.0. The monoisotopic (exact) mass is 410 g/mol. The standard InChI is InChI=1S/C23H26N2O3S/c1-25(2)20(19-11-7-8-12-21(19)27-3)15-24-23(26)22-17(13-14-28-22)16-29-18-9-5-4-6-10-18/h4-14,20H,15-16H2,1-3H3,(H,24,26). The Hall–Kier alpha value is -2.70. The van der Waals surface area contributed by atoms with E-state index in [1.807, 2.05) is 62.6 Å². The number of ether oxygens (including phenoxy) is 1. The number of rotatable bonds is 9. The third kappa shape index (κ3) is 5.43. The fraction of sp³-hybridized carbons (Fsp3) is 0.261. The first-order valence-electron chi connectivity index (χ1n) is 9.42. The molecule has 1 amide bonds. The Morgan fingerprint density at radius 3 is 2.55 bits per heavy atom. The second-order valence-electron chi connectivity index (χ2n) is 6.81. The van der Waals surface area contributed by atoms with Gasteiger partial charge in [0.25, 0.3) is 5.91 Å². The average Bonchev–Trinajstić information content (AvgIpc) is 3.22. The van der Waals surface area contributed by atoms with Gasteiger partial charge in [0.1, 0.15) is 5.75 Å². The zero-order chi connectivity index (χ0) is 20.6. The molecule has 152 valence electrons. The summed E-state index contributed by atoms with van der Waals surface area (Å²) in [5, 5.41) is 3.02. The molecule has 0 fully saturated rings. The minimum Gasteiger partial charge on any atom is -0.496 e. The van der Waals surface area contributed by atoms with Crippen molar-refractivity contribution in [3.63, 3.8) is 0 Å². The van der Waals surface area contributed by atoms with Crippen molar-refractivity contribution in [2.75, 3.05) is 27.7 Å². The van der Waals surface area contributed by atoms with Crippen LogP contribution >= 0.6 is 11.8 Å². The van der Waals surface area contributed by atoms with Crippen LogP contribution in [-0.2, 0) is 5.75 Å². The van der Waals surface area contributed by atoms with E-state index in [2.05, 4.69) is 22.3 Å². The molecular weight excluding hydrogens is 384 g/mol. The van der Waals surface area contributed by atoms with Crippen LogP contribution in [-0.4, -0.2) is 38.6 Å². The van der Waals surface area contributed by atoms with Crippen molar-refractivity contribution in [2.45, 2.75) is 16.7 Å². The number of furan rings is 1. The van der Waals surface area contributed by atoms with Gasteiger partial charge in [-0.2, -0.15) is 0 Å². The molecule has 29 heavy (non-hydrogen) atoms. The van der Waals surface area contributed by atoms with E-state index in [-0.39, 0.29) is 11.9 Å². The molecule has 6 heteroatoms. The smallest absolute Gasteiger partial charge is 0.287 e. The molecule has 1 unspecified atom stereocenters. The lowest BCUT2D eigenvalue weighted by atomic mass is 10.0. The summed E-state index contributed by atoms with van der Waals surface area (Å²) in [6.45, 7) is 0.443. The number of benzene rings is 2. The Labute approximate surface area is 176 Å². The van der Waals surface area contributed by atoms with Crippen LogP contribution in [0.4, 0.5) is 0 Å². The number of carbonyl (C=O) groups is 1. The first-order chi connectivity index (χ1) is 14.1. The van der Waals surface area contributed by atoms with Crippen molar-refractivity contribution in [1.82, 2.24) is 10.2 Å². The Morgan fingerprint density at radius 2 is 1.83 bits per heavy atom. The lowest BCUT2D eigenvalue weighted by Crippen LogP contribution is -2.34. The molecule has 0 aliphatic heterocycles.